The molecule has 22 heavy (non-hydrogen) atoms. The largest absolute Gasteiger partial charge is 0.366 e. The number of amides is 2. The Morgan fingerprint density at radius 3 is 2.86 bits per heavy atom. The van der Waals surface area contributed by atoms with Crippen molar-refractivity contribution in [2.75, 3.05) is 11.9 Å². The van der Waals surface area contributed by atoms with Crippen molar-refractivity contribution in [2.24, 2.45) is 5.73 Å². The molecular formula is C15H17ClN3O2S+. The Morgan fingerprint density at radius 2 is 2.18 bits per heavy atom. The van der Waals surface area contributed by atoms with Crippen molar-refractivity contribution in [3.63, 3.8) is 0 Å². The van der Waals surface area contributed by atoms with E-state index in [1.165, 1.54) is 11.3 Å². The van der Waals surface area contributed by atoms with Crippen LogP contribution in [0.15, 0.2) is 35.7 Å². The molecule has 0 radical (unpaired) electrons. The van der Waals surface area contributed by atoms with E-state index in [9.17, 15) is 9.59 Å². The molecule has 1 aromatic heterocycles. The van der Waals surface area contributed by atoms with E-state index in [1.807, 2.05) is 36.5 Å². The Balaban J connectivity index is 1.90. The standard InChI is InChI=1S/C15H16ClN3O2S/c1-9(10-3-2-4-11(16)7-10)18-8-13(20)19-15-12(14(17)21)5-6-22-15/h2-7,9,18H,8H2,1H3,(H2,17,21)(H,19,20)/p+1/t9-/m0/s1. The van der Waals surface area contributed by atoms with Crippen LogP contribution in [0, 0.1) is 0 Å². The zero-order chi connectivity index (χ0) is 16.1. The van der Waals surface area contributed by atoms with E-state index in [0.29, 0.717) is 15.6 Å². The molecule has 1 aromatic carbocycles. The van der Waals surface area contributed by atoms with Crippen LogP contribution in [0.4, 0.5) is 5.00 Å². The van der Waals surface area contributed by atoms with Crippen molar-refractivity contribution >= 4 is 39.8 Å². The maximum Gasteiger partial charge on any atom is 0.280 e. The van der Waals surface area contributed by atoms with Crippen LogP contribution in [0.3, 0.4) is 0 Å². The predicted octanol–water partition coefficient (Wildman–Crippen LogP) is 1.76. The fourth-order valence-electron chi connectivity index (χ4n) is 1.99. The number of carbonyl (C=O) groups is 2. The van der Waals surface area contributed by atoms with Crippen LogP contribution in [0.25, 0.3) is 0 Å². The first-order chi connectivity index (χ1) is 10.5. The molecule has 116 valence electrons. The Hall–Kier alpha value is -1.89. The SMILES string of the molecule is C[C@H]([NH2+]CC(=O)Nc1sccc1C(N)=O)c1cccc(Cl)c1. The summed E-state index contributed by atoms with van der Waals surface area (Å²) in [6.07, 6.45) is 0. The number of thiophene rings is 1. The second-order valence-corrected chi connectivity index (χ2v) is 6.21. The smallest absolute Gasteiger partial charge is 0.280 e. The fraction of sp³-hybridized carbons (Fsp3) is 0.200. The molecule has 7 heteroatoms. The van der Waals surface area contributed by atoms with E-state index in [0.717, 1.165) is 5.56 Å². The number of rotatable bonds is 6. The number of nitrogens with one attached hydrogen (secondary N) is 1. The molecule has 1 atom stereocenters. The van der Waals surface area contributed by atoms with Gasteiger partial charge in [0, 0.05) is 10.6 Å². The molecule has 0 spiro atoms. The predicted molar refractivity (Wildman–Crippen MR) is 88.1 cm³/mol. The van der Waals surface area contributed by atoms with E-state index in [-0.39, 0.29) is 18.5 Å². The molecule has 0 aliphatic rings. The summed E-state index contributed by atoms with van der Waals surface area (Å²) in [6, 6.07) is 9.24. The lowest BCUT2D eigenvalue weighted by atomic mass is 10.1. The number of hydrogen-bond donors (Lipinski definition) is 3. The Morgan fingerprint density at radius 1 is 1.41 bits per heavy atom. The third-order valence-electron chi connectivity index (χ3n) is 3.21. The van der Waals surface area contributed by atoms with Gasteiger partial charge in [0.25, 0.3) is 11.8 Å². The second-order valence-electron chi connectivity index (χ2n) is 4.86. The third-order valence-corrected chi connectivity index (χ3v) is 4.28. The minimum atomic E-state index is -0.548. The van der Waals surface area contributed by atoms with Gasteiger partial charge >= 0.3 is 0 Å². The average Bonchev–Trinajstić information content (AvgIpc) is 2.93. The lowest BCUT2D eigenvalue weighted by Gasteiger charge is -2.11. The summed E-state index contributed by atoms with van der Waals surface area (Å²) < 4.78 is 0. The van der Waals surface area contributed by atoms with Crippen molar-refractivity contribution in [1.82, 2.24) is 0 Å². The molecule has 5 nitrogen and oxygen atoms in total. The summed E-state index contributed by atoms with van der Waals surface area (Å²) in [6.45, 7) is 2.24. The molecule has 0 bridgehead atoms. The molecule has 0 unspecified atom stereocenters. The normalized spacial score (nSPS) is 11.9. The van der Waals surface area contributed by atoms with E-state index < -0.39 is 5.91 Å². The number of benzene rings is 1. The highest BCUT2D eigenvalue weighted by molar-refractivity contribution is 7.14. The highest BCUT2D eigenvalue weighted by Gasteiger charge is 2.15. The van der Waals surface area contributed by atoms with Crippen molar-refractivity contribution < 1.29 is 14.9 Å². The van der Waals surface area contributed by atoms with Crippen molar-refractivity contribution in [3.8, 4) is 0 Å². The zero-order valence-corrected chi connectivity index (χ0v) is 13.6. The van der Waals surface area contributed by atoms with Gasteiger partial charge < -0.3 is 16.4 Å². The lowest BCUT2D eigenvalue weighted by Crippen LogP contribution is -2.86. The highest BCUT2D eigenvalue weighted by Crippen LogP contribution is 2.22. The first-order valence-corrected chi connectivity index (χ1v) is 7.99. The van der Waals surface area contributed by atoms with E-state index in [1.54, 1.807) is 11.4 Å². The van der Waals surface area contributed by atoms with Crippen molar-refractivity contribution in [2.45, 2.75) is 13.0 Å². The van der Waals surface area contributed by atoms with Gasteiger partial charge in [-0.3, -0.25) is 9.59 Å². The van der Waals surface area contributed by atoms with Crippen LogP contribution < -0.4 is 16.4 Å². The molecule has 1 heterocycles. The molecule has 2 aromatic rings. The molecule has 0 fully saturated rings. The fourth-order valence-corrected chi connectivity index (χ4v) is 2.99. The van der Waals surface area contributed by atoms with Crippen molar-refractivity contribution in [1.29, 1.82) is 0 Å². The van der Waals surface area contributed by atoms with Gasteiger partial charge in [0.1, 0.15) is 11.0 Å². The maximum absolute atomic E-state index is 12.0. The Kier molecular flexibility index (Phi) is 5.54. The van der Waals surface area contributed by atoms with Crippen LogP contribution in [0.5, 0.6) is 0 Å². The average molecular weight is 339 g/mol. The molecule has 0 aliphatic heterocycles. The van der Waals surface area contributed by atoms with Gasteiger partial charge in [0.15, 0.2) is 6.54 Å². The summed E-state index contributed by atoms with van der Waals surface area (Å²) in [4.78, 5) is 23.2. The van der Waals surface area contributed by atoms with Crippen LogP contribution >= 0.6 is 22.9 Å². The Labute approximate surface area is 137 Å². The first-order valence-electron chi connectivity index (χ1n) is 6.73. The van der Waals surface area contributed by atoms with Gasteiger partial charge in [-0.1, -0.05) is 23.7 Å². The topological polar surface area (TPSA) is 88.8 Å². The van der Waals surface area contributed by atoms with E-state index in [2.05, 4.69) is 5.32 Å². The van der Waals surface area contributed by atoms with Crippen LogP contribution in [-0.2, 0) is 4.79 Å². The summed E-state index contributed by atoms with van der Waals surface area (Å²) in [5.41, 5.74) is 6.63. The maximum atomic E-state index is 12.0. The molecule has 0 aliphatic carbocycles. The van der Waals surface area contributed by atoms with Gasteiger partial charge in [-0.05, 0) is 30.5 Å². The molecule has 5 N–H and O–H groups in total. The van der Waals surface area contributed by atoms with Gasteiger partial charge in [0.2, 0.25) is 0 Å². The van der Waals surface area contributed by atoms with Gasteiger partial charge in [-0.2, -0.15) is 0 Å². The second kappa shape index (κ2) is 7.40. The zero-order valence-electron chi connectivity index (χ0n) is 12.0. The number of anilines is 1. The number of quaternary nitrogens is 1. The minimum Gasteiger partial charge on any atom is -0.366 e. The summed E-state index contributed by atoms with van der Waals surface area (Å²) >= 11 is 7.23. The van der Waals surface area contributed by atoms with E-state index in [4.69, 9.17) is 17.3 Å². The highest BCUT2D eigenvalue weighted by atomic mass is 35.5. The minimum absolute atomic E-state index is 0.100. The molecular weight excluding hydrogens is 322 g/mol. The summed E-state index contributed by atoms with van der Waals surface area (Å²) in [7, 11) is 0. The first kappa shape index (κ1) is 16.5. The third kappa shape index (κ3) is 4.30. The lowest BCUT2D eigenvalue weighted by molar-refractivity contribution is -0.682. The molecule has 2 rings (SSSR count). The molecule has 0 saturated heterocycles. The molecule has 2 amide bonds. The number of hydrogen-bond acceptors (Lipinski definition) is 3. The van der Waals surface area contributed by atoms with E-state index >= 15 is 0 Å². The van der Waals surface area contributed by atoms with Crippen LogP contribution in [0.1, 0.15) is 28.9 Å². The van der Waals surface area contributed by atoms with Crippen LogP contribution in [-0.4, -0.2) is 18.4 Å². The molecule has 0 saturated carbocycles. The number of primary amides is 1. The van der Waals surface area contributed by atoms with Gasteiger partial charge in [-0.15, -0.1) is 11.3 Å². The number of nitrogens with two attached hydrogens (primary N) is 2. The number of halogens is 1. The Bertz CT molecular complexity index is 687. The summed E-state index contributed by atoms with van der Waals surface area (Å²) in [5, 5.41) is 7.49. The van der Waals surface area contributed by atoms with Crippen LogP contribution in [0.2, 0.25) is 5.02 Å². The van der Waals surface area contributed by atoms with Gasteiger partial charge in [-0.25, -0.2) is 0 Å². The number of carbonyl (C=O) groups excluding carboxylic acids is 2. The van der Waals surface area contributed by atoms with Gasteiger partial charge in [0.05, 0.1) is 5.56 Å². The quantitative estimate of drug-likeness (QED) is 0.749. The summed E-state index contributed by atoms with van der Waals surface area (Å²) in [5.74, 6) is -0.730. The van der Waals surface area contributed by atoms with Crippen molar-refractivity contribution in [3.05, 3.63) is 51.9 Å². The monoisotopic (exact) mass is 338 g/mol.